The summed E-state index contributed by atoms with van der Waals surface area (Å²) in [7, 11) is 0. The molecule has 0 aromatic carbocycles. The molecule has 1 atom stereocenters. The molecule has 92 valence electrons. The van der Waals surface area contributed by atoms with Gasteiger partial charge in [-0.05, 0) is 75.5 Å². The highest BCUT2D eigenvalue weighted by molar-refractivity contribution is 5.05. The fourth-order valence-corrected chi connectivity index (χ4v) is 3.78. The van der Waals surface area contributed by atoms with Crippen molar-refractivity contribution in [2.45, 2.75) is 39.0 Å². The van der Waals surface area contributed by atoms with Crippen molar-refractivity contribution in [3.63, 3.8) is 0 Å². The van der Waals surface area contributed by atoms with E-state index < -0.39 is 0 Å². The van der Waals surface area contributed by atoms with E-state index >= 15 is 0 Å². The highest BCUT2D eigenvalue weighted by atomic mass is 15.1. The zero-order valence-corrected chi connectivity index (χ0v) is 10.7. The van der Waals surface area contributed by atoms with E-state index in [0.717, 1.165) is 17.3 Å². The molecule has 3 fully saturated rings. The summed E-state index contributed by atoms with van der Waals surface area (Å²) in [5, 5.41) is 3.50. The zero-order chi connectivity index (χ0) is 11.0. The minimum absolute atomic E-state index is 0.786. The number of rotatable bonds is 2. The summed E-state index contributed by atoms with van der Waals surface area (Å²) in [6.07, 6.45) is 7.28. The lowest BCUT2D eigenvalue weighted by Crippen LogP contribution is -2.36. The molecule has 1 spiro atoms. The van der Waals surface area contributed by atoms with Gasteiger partial charge in [-0.15, -0.1) is 0 Å². The molecule has 3 rings (SSSR count). The quantitative estimate of drug-likeness (QED) is 0.770. The lowest BCUT2D eigenvalue weighted by atomic mass is 9.91. The van der Waals surface area contributed by atoms with Crippen LogP contribution >= 0.6 is 0 Å². The van der Waals surface area contributed by atoms with Gasteiger partial charge in [0.15, 0.2) is 0 Å². The van der Waals surface area contributed by atoms with E-state index in [4.69, 9.17) is 0 Å². The van der Waals surface area contributed by atoms with Gasteiger partial charge in [-0.2, -0.15) is 0 Å². The normalized spacial score (nSPS) is 35.4. The van der Waals surface area contributed by atoms with Crippen LogP contribution in [0.25, 0.3) is 0 Å². The van der Waals surface area contributed by atoms with Crippen molar-refractivity contribution >= 4 is 0 Å². The number of likely N-dealkylation sites (tertiary alicyclic amines) is 1. The van der Waals surface area contributed by atoms with Gasteiger partial charge in [0.1, 0.15) is 0 Å². The van der Waals surface area contributed by atoms with Crippen LogP contribution in [0.5, 0.6) is 0 Å². The van der Waals surface area contributed by atoms with E-state index in [1.54, 1.807) is 0 Å². The number of hydrogen-bond donors (Lipinski definition) is 1. The molecule has 0 aromatic rings. The number of hydrogen-bond acceptors (Lipinski definition) is 2. The van der Waals surface area contributed by atoms with Crippen molar-refractivity contribution in [2.75, 3.05) is 32.7 Å². The molecule has 16 heavy (non-hydrogen) atoms. The van der Waals surface area contributed by atoms with Gasteiger partial charge in [-0.3, -0.25) is 0 Å². The third kappa shape index (κ3) is 2.14. The van der Waals surface area contributed by atoms with E-state index in [1.807, 2.05) is 0 Å². The summed E-state index contributed by atoms with van der Waals surface area (Å²) in [5.41, 5.74) is 0.786. The van der Waals surface area contributed by atoms with Crippen LogP contribution < -0.4 is 5.32 Å². The molecule has 2 aliphatic heterocycles. The predicted molar refractivity (Wildman–Crippen MR) is 67.5 cm³/mol. The molecule has 1 aliphatic carbocycles. The second kappa shape index (κ2) is 4.30. The molecule has 2 heterocycles. The highest BCUT2D eigenvalue weighted by Crippen LogP contribution is 2.58. The van der Waals surface area contributed by atoms with E-state index in [-0.39, 0.29) is 0 Å². The van der Waals surface area contributed by atoms with Crippen molar-refractivity contribution in [1.29, 1.82) is 0 Å². The van der Waals surface area contributed by atoms with E-state index in [9.17, 15) is 0 Å². The first-order chi connectivity index (χ1) is 7.78. The Bertz CT molecular complexity index is 237. The first-order valence-electron chi connectivity index (χ1n) is 7.22. The Kier molecular flexibility index (Phi) is 2.97. The molecule has 1 N–H and O–H groups in total. The fraction of sp³-hybridized carbons (Fsp3) is 1.00. The van der Waals surface area contributed by atoms with Gasteiger partial charge < -0.3 is 10.2 Å². The van der Waals surface area contributed by atoms with Gasteiger partial charge in [0.05, 0.1) is 0 Å². The molecule has 3 aliphatic rings. The molecule has 2 heteroatoms. The minimum Gasteiger partial charge on any atom is -0.317 e. The Hall–Kier alpha value is -0.0800. The van der Waals surface area contributed by atoms with Crippen molar-refractivity contribution < 1.29 is 0 Å². The molecule has 2 saturated heterocycles. The summed E-state index contributed by atoms with van der Waals surface area (Å²) >= 11 is 0. The standard InChI is InChI=1S/C14H26N2/c1-12-2-8-16(9-3-12)11-13-10-14(13)4-6-15-7-5-14/h12-13,15H,2-11H2,1H3. The van der Waals surface area contributed by atoms with Crippen LogP contribution in [0.4, 0.5) is 0 Å². The van der Waals surface area contributed by atoms with Gasteiger partial charge in [0.25, 0.3) is 0 Å². The van der Waals surface area contributed by atoms with Crippen molar-refractivity contribution in [1.82, 2.24) is 10.2 Å². The maximum absolute atomic E-state index is 3.50. The van der Waals surface area contributed by atoms with Crippen LogP contribution in [0.1, 0.15) is 39.0 Å². The Morgan fingerprint density at radius 2 is 1.88 bits per heavy atom. The van der Waals surface area contributed by atoms with Crippen LogP contribution in [0.15, 0.2) is 0 Å². The van der Waals surface area contributed by atoms with E-state index in [1.165, 1.54) is 64.8 Å². The Morgan fingerprint density at radius 1 is 1.19 bits per heavy atom. The lowest BCUT2D eigenvalue weighted by molar-refractivity contribution is 0.171. The molecule has 0 bridgehead atoms. The van der Waals surface area contributed by atoms with Gasteiger partial charge in [0.2, 0.25) is 0 Å². The number of nitrogens with one attached hydrogen (secondary N) is 1. The summed E-state index contributed by atoms with van der Waals surface area (Å²) in [6, 6.07) is 0. The van der Waals surface area contributed by atoms with Crippen LogP contribution in [0.2, 0.25) is 0 Å². The molecule has 0 aromatic heterocycles. The van der Waals surface area contributed by atoms with E-state index in [2.05, 4.69) is 17.1 Å². The Labute approximate surface area is 99.8 Å². The Morgan fingerprint density at radius 3 is 2.56 bits per heavy atom. The van der Waals surface area contributed by atoms with Crippen molar-refractivity contribution in [3.05, 3.63) is 0 Å². The van der Waals surface area contributed by atoms with Gasteiger partial charge >= 0.3 is 0 Å². The monoisotopic (exact) mass is 222 g/mol. The zero-order valence-electron chi connectivity index (χ0n) is 10.7. The van der Waals surface area contributed by atoms with Crippen LogP contribution in [-0.4, -0.2) is 37.6 Å². The second-order valence-electron chi connectivity index (χ2n) is 6.50. The molecule has 0 radical (unpaired) electrons. The molecule has 1 unspecified atom stereocenters. The number of piperidine rings is 2. The lowest BCUT2D eigenvalue weighted by Gasteiger charge is -2.31. The minimum atomic E-state index is 0.786. The maximum Gasteiger partial charge on any atom is 0.00152 e. The predicted octanol–water partition coefficient (Wildman–Crippen LogP) is 2.11. The largest absolute Gasteiger partial charge is 0.317 e. The van der Waals surface area contributed by atoms with Crippen molar-refractivity contribution in [2.24, 2.45) is 17.3 Å². The molecule has 0 amide bonds. The molecular weight excluding hydrogens is 196 g/mol. The smallest absolute Gasteiger partial charge is 0.00152 e. The van der Waals surface area contributed by atoms with Crippen molar-refractivity contribution in [3.8, 4) is 0 Å². The first kappa shape index (κ1) is 11.0. The van der Waals surface area contributed by atoms with Gasteiger partial charge in [-0.1, -0.05) is 6.92 Å². The third-order valence-electron chi connectivity index (χ3n) is 5.31. The number of nitrogens with zero attached hydrogens (tertiary/aromatic N) is 1. The molecule has 1 saturated carbocycles. The fourth-order valence-electron chi connectivity index (χ4n) is 3.78. The van der Waals surface area contributed by atoms with Crippen LogP contribution in [0, 0.1) is 17.3 Å². The summed E-state index contributed by atoms with van der Waals surface area (Å²) in [4.78, 5) is 2.74. The topological polar surface area (TPSA) is 15.3 Å². The molecular formula is C14H26N2. The van der Waals surface area contributed by atoms with Crippen LogP contribution in [0.3, 0.4) is 0 Å². The summed E-state index contributed by atoms with van der Waals surface area (Å²) < 4.78 is 0. The third-order valence-corrected chi connectivity index (χ3v) is 5.31. The maximum atomic E-state index is 3.50. The van der Waals surface area contributed by atoms with Gasteiger partial charge in [0, 0.05) is 6.54 Å². The average Bonchev–Trinajstić information content (AvgIpc) is 2.95. The van der Waals surface area contributed by atoms with E-state index in [0.29, 0.717) is 0 Å². The summed E-state index contributed by atoms with van der Waals surface area (Å²) in [6.45, 7) is 9.09. The Balaban J connectivity index is 1.46. The first-order valence-corrected chi connectivity index (χ1v) is 7.22. The second-order valence-corrected chi connectivity index (χ2v) is 6.50. The summed E-state index contributed by atoms with van der Waals surface area (Å²) in [5.74, 6) is 2.02. The average molecular weight is 222 g/mol. The van der Waals surface area contributed by atoms with Gasteiger partial charge in [-0.25, -0.2) is 0 Å². The SMILES string of the molecule is CC1CCN(CC2CC23CCNCC3)CC1. The molecule has 2 nitrogen and oxygen atoms in total. The highest BCUT2D eigenvalue weighted by Gasteiger charge is 2.53. The van der Waals surface area contributed by atoms with Crippen LogP contribution in [-0.2, 0) is 0 Å².